The first-order valence-electron chi connectivity index (χ1n) is 12.3. The largest absolute Gasteiger partial charge is 0.493 e. The molecule has 0 bridgehead atoms. The third kappa shape index (κ3) is 4.20. The van der Waals surface area contributed by atoms with Crippen molar-refractivity contribution in [2.24, 2.45) is 5.92 Å². The Morgan fingerprint density at radius 3 is 2.23 bits per heavy atom. The molecule has 0 radical (unpaired) electrons. The molecule has 3 aromatic carbocycles. The fourth-order valence-corrected chi connectivity index (χ4v) is 5.19. The summed E-state index contributed by atoms with van der Waals surface area (Å²) in [6.45, 7) is 2.02. The SMILES string of the molecule is CCc1ccc(N2C(=O)[C@@H]3[C@@H](c4ccc(OC)c(OC)c4OC)N(c4cccc([N+](=O)[O-])c4)O[C@H]3C2=O)cc1. The summed E-state index contributed by atoms with van der Waals surface area (Å²) in [6, 6.07) is 15.5. The number of hydroxylamine groups is 1. The topological polar surface area (TPSA) is 121 Å². The number of fused-ring (bicyclic) bond motifs is 1. The predicted octanol–water partition coefficient (Wildman–Crippen LogP) is 4.23. The molecule has 0 aromatic heterocycles. The summed E-state index contributed by atoms with van der Waals surface area (Å²) < 4.78 is 16.7. The van der Waals surface area contributed by atoms with E-state index in [-0.39, 0.29) is 11.4 Å². The number of amides is 2. The Morgan fingerprint density at radius 1 is 0.897 bits per heavy atom. The van der Waals surface area contributed by atoms with E-state index in [0.29, 0.717) is 28.4 Å². The number of nitro benzene ring substituents is 1. The van der Waals surface area contributed by atoms with Crippen molar-refractivity contribution in [3.8, 4) is 17.2 Å². The zero-order valence-corrected chi connectivity index (χ0v) is 21.8. The van der Waals surface area contributed by atoms with E-state index in [4.69, 9.17) is 19.0 Å². The Morgan fingerprint density at radius 2 is 1.62 bits per heavy atom. The van der Waals surface area contributed by atoms with E-state index < -0.39 is 34.8 Å². The Hall–Kier alpha value is -4.64. The molecule has 2 fully saturated rings. The van der Waals surface area contributed by atoms with E-state index in [9.17, 15) is 19.7 Å². The van der Waals surface area contributed by atoms with Crippen molar-refractivity contribution in [2.75, 3.05) is 31.3 Å². The molecule has 0 unspecified atom stereocenters. The minimum absolute atomic E-state index is 0.165. The van der Waals surface area contributed by atoms with Crippen LogP contribution in [-0.4, -0.2) is 44.2 Å². The fourth-order valence-electron chi connectivity index (χ4n) is 5.19. The van der Waals surface area contributed by atoms with E-state index >= 15 is 0 Å². The number of ether oxygens (including phenoxy) is 3. The van der Waals surface area contributed by atoms with Crippen LogP contribution in [0.2, 0.25) is 0 Å². The molecule has 5 rings (SSSR count). The molecule has 0 saturated carbocycles. The summed E-state index contributed by atoms with van der Waals surface area (Å²) >= 11 is 0. The van der Waals surface area contributed by atoms with Crippen molar-refractivity contribution < 1.29 is 33.6 Å². The second-order valence-corrected chi connectivity index (χ2v) is 9.05. The standard InChI is InChI=1S/C28H27N3O8/c1-5-16-9-11-17(12-10-16)29-27(32)22-23(20-13-14-21(36-2)25(38-4)24(20)37-3)30(39-26(22)28(29)33)18-7-6-8-19(15-18)31(34)35/h6-15,22-23,26H,5H2,1-4H3/t22-,23-,26-/m1/s1. The summed E-state index contributed by atoms with van der Waals surface area (Å²) in [6.07, 6.45) is -0.346. The smallest absolute Gasteiger partial charge is 0.271 e. The molecule has 202 valence electrons. The van der Waals surface area contributed by atoms with Gasteiger partial charge >= 0.3 is 0 Å². The zero-order chi connectivity index (χ0) is 27.8. The van der Waals surface area contributed by atoms with Crippen molar-refractivity contribution in [1.29, 1.82) is 0 Å². The first kappa shape index (κ1) is 26.0. The number of non-ortho nitro benzene ring substituents is 1. The molecule has 0 N–H and O–H groups in total. The highest BCUT2D eigenvalue weighted by Gasteiger charge is 2.61. The number of benzene rings is 3. The van der Waals surface area contributed by atoms with Crippen LogP contribution in [0.1, 0.15) is 24.1 Å². The monoisotopic (exact) mass is 533 g/mol. The second kappa shape index (κ2) is 10.3. The van der Waals surface area contributed by atoms with Gasteiger partial charge in [-0.05, 0) is 42.3 Å². The molecule has 3 aromatic rings. The number of hydrogen-bond acceptors (Lipinski definition) is 9. The number of hydrogen-bond donors (Lipinski definition) is 0. The second-order valence-electron chi connectivity index (χ2n) is 9.05. The molecule has 2 heterocycles. The van der Waals surface area contributed by atoms with Gasteiger partial charge in [0.05, 0.1) is 37.6 Å². The number of anilines is 2. The van der Waals surface area contributed by atoms with Crippen molar-refractivity contribution >= 4 is 28.9 Å². The Balaban J connectivity index is 1.66. The highest BCUT2D eigenvalue weighted by atomic mass is 16.7. The average Bonchev–Trinajstić information content (AvgIpc) is 3.47. The molecule has 2 amide bonds. The van der Waals surface area contributed by atoms with Crippen LogP contribution in [0.3, 0.4) is 0 Å². The Kier molecular flexibility index (Phi) is 6.83. The fraction of sp³-hybridized carbons (Fsp3) is 0.286. The van der Waals surface area contributed by atoms with Crippen LogP contribution in [0.4, 0.5) is 17.1 Å². The van der Waals surface area contributed by atoms with Gasteiger partial charge < -0.3 is 14.2 Å². The van der Waals surface area contributed by atoms with Gasteiger partial charge in [-0.3, -0.25) is 24.5 Å². The third-order valence-electron chi connectivity index (χ3n) is 7.07. The summed E-state index contributed by atoms with van der Waals surface area (Å²) in [5, 5.41) is 12.9. The lowest BCUT2D eigenvalue weighted by Crippen LogP contribution is -2.37. The van der Waals surface area contributed by atoms with E-state index in [0.717, 1.165) is 16.9 Å². The van der Waals surface area contributed by atoms with Crippen LogP contribution in [0, 0.1) is 16.0 Å². The molecule has 0 spiro atoms. The van der Waals surface area contributed by atoms with Crippen molar-refractivity contribution in [3.05, 3.63) is 81.9 Å². The van der Waals surface area contributed by atoms with Crippen LogP contribution < -0.4 is 24.2 Å². The molecule has 11 nitrogen and oxygen atoms in total. The van der Waals surface area contributed by atoms with Gasteiger partial charge in [-0.15, -0.1) is 0 Å². The molecular weight excluding hydrogens is 506 g/mol. The number of nitro groups is 1. The van der Waals surface area contributed by atoms with Crippen LogP contribution in [0.25, 0.3) is 0 Å². The van der Waals surface area contributed by atoms with Crippen LogP contribution >= 0.6 is 0 Å². The maximum Gasteiger partial charge on any atom is 0.271 e. The highest BCUT2D eigenvalue weighted by molar-refractivity contribution is 6.24. The van der Waals surface area contributed by atoms with Gasteiger partial charge in [0.15, 0.2) is 17.6 Å². The van der Waals surface area contributed by atoms with Crippen LogP contribution in [0.5, 0.6) is 17.2 Å². The molecule has 3 atom stereocenters. The number of nitrogens with zero attached hydrogens (tertiary/aromatic N) is 3. The summed E-state index contributed by atoms with van der Waals surface area (Å²) in [5.41, 5.74) is 2.14. The quantitative estimate of drug-likeness (QED) is 0.238. The maximum absolute atomic E-state index is 14.0. The lowest BCUT2D eigenvalue weighted by Gasteiger charge is -2.30. The van der Waals surface area contributed by atoms with E-state index in [2.05, 4.69) is 0 Å². The number of rotatable bonds is 8. The number of aryl methyl sites for hydroxylation is 1. The number of carbonyl (C=O) groups is 2. The van der Waals surface area contributed by atoms with Gasteiger partial charge in [0.25, 0.3) is 11.6 Å². The molecule has 2 saturated heterocycles. The van der Waals surface area contributed by atoms with Gasteiger partial charge in [-0.25, -0.2) is 9.96 Å². The molecule has 2 aliphatic rings. The lowest BCUT2D eigenvalue weighted by molar-refractivity contribution is -0.384. The van der Waals surface area contributed by atoms with Gasteiger partial charge in [-0.2, -0.15) is 0 Å². The van der Waals surface area contributed by atoms with Crippen molar-refractivity contribution in [1.82, 2.24) is 0 Å². The minimum atomic E-state index is -1.16. The Bertz CT molecular complexity index is 1440. The first-order valence-corrected chi connectivity index (χ1v) is 12.3. The van der Waals surface area contributed by atoms with Gasteiger partial charge in [0, 0.05) is 17.7 Å². The molecule has 0 aliphatic carbocycles. The molecule has 2 aliphatic heterocycles. The lowest BCUT2D eigenvalue weighted by atomic mass is 9.89. The summed E-state index contributed by atoms with van der Waals surface area (Å²) in [5.74, 6) is -0.969. The van der Waals surface area contributed by atoms with E-state index in [1.807, 2.05) is 19.1 Å². The van der Waals surface area contributed by atoms with E-state index in [1.165, 1.54) is 44.6 Å². The van der Waals surface area contributed by atoms with Crippen LogP contribution in [-0.2, 0) is 20.8 Å². The van der Waals surface area contributed by atoms with Crippen molar-refractivity contribution in [3.63, 3.8) is 0 Å². The minimum Gasteiger partial charge on any atom is -0.493 e. The molecule has 39 heavy (non-hydrogen) atoms. The van der Waals surface area contributed by atoms with Gasteiger partial charge in [-0.1, -0.05) is 25.1 Å². The molecule has 11 heteroatoms. The molecular formula is C28H27N3O8. The van der Waals surface area contributed by atoms with Gasteiger partial charge in [0.1, 0.15) is 12.0 Å². The normalized spacial score (nSPS) is 20.3. The van der Waals surface area contributed by atoms with E-state index in [1.54, 1.807) is 30.3 Å². The zero-order valence-electron chi connectivity index (χ0n) is 21.8. The summed E-state index contributed by atoms with van der Waals surface area (Å²) in [7, 11) is 4.40. The number of carbonyl (C=O) groups excluding carboxylic acids is 2. The first-order chi connectivity index (χ1) is 18.8. The van der Waals surface area contributed by atoms with Crippen molar-refractivity contribution in [2.45, 2.75) is 25.5 Å². The third-order valence-corrected chi connectivity index (χ3v) is 7.07. The number of imide groups is 1. The maximum atomic E-state index is 14.0. The number of methoxy groups -OCH3 is 3. The van der Waals surface area contributed by atoms with Crippen LogP contribution in [0.15, 0.2) is 60.7 Å². The Labute approximate surface area is 224 Å². The van der Waals surface area contributed by atoms with Gasteiger partial charge in [0.2, 0.25) is 11.7 Å². The highest BCUT2D eigenvalue weighted by Crippen LogP contribution is 2.52. The predicted molar refractivity (Wildman–Crippen MR) is 141 cm³/mol. The summed E-state index contributed by atoms with van der Waals surface area (Å²) in [4.78, 5) is 45.9. The average molecular weight is 534 g/mol.